The van der Waals surface area contributed by atoms with Gasteiger partial charge < -0.3 is 5.11 Å². The van der Waals surface area contributed by atoms with Crippen LogP contribution in [0.4, 0.5) is 0 Å². The van der Waals surface area contributed by atoms with Crippen LogP contribution >= 0.6 is 11.6 Å². The third kappa shape index (κ3) is 5.93. The van der Waals surface area contributed by atoms with Gasteiger partial charge in [-0.3, -0.25) is 9.69 Å². The Morgan fingerprint density at radius 3 is 2.41 bits per heavy atom. The average Bonchev–Trinajstić information content (AvgIpc) is 2.78. The first-order valence-electron chi connectivity index (χ1n) is 11.1. The van der Waals surface area contributed by atoms with E-state index in [9.17, 15) is 4.79 Å². The Morgan fingerprint density at radius 2 is 1.75 bits per heavy atom. The van der Waals surface area contributed by atoms with Gasteiger partial charge in [0.2, 0.25) is 0 Å². The summed E-state index contributed by atoms with van der Waals surface area (Å²) in [6.07, 6.45) is 4.95. The smallest absolute Gasteiger partial charge is 0.303 e. The number of halogens is 1. The molecule has 2 heterocycles. The van der Waals surface area contributed by atoms with Crippen molar-refractivity contribution in [3.05, 3.63) is 82.1 Å². The van der Waals surface area contributed by atoms with Crippen molar-refractivity contribution in [2.75, 3.05) is 13.1 Å². The molecule has 2 aromatic carbocycles. The predicted octanol–water partition coefficient (Wildman–Crippen LogP) is 5.05. The van der Waals surface area contributed by atoms with E-state index >= 15 is 0 Å². The maximum atomic E-state index is 10.9. The Morgan fingerprint density at radius 1 is 1.09 bits per heavy atom. The quantitative estimate of drug-likeness (QED) is 0.521. The summed E-state index contributed by atoms with van der Waals surface area (Å²) >= 11 is 5.96. The van der Waals surface area contributed by atoms with Gasteiger partial charge in [-0.15, -0.1) is 0 Å². The Hall–Kier alpha value is -2.76. The molecule has 0 aliphatic carbocycles. The van der Waals surface area contributed by atoms with Gasteiger partial charge in [-0.2, -0.15) is 0 Å². The van der Waals surface area contributed by atoms with Crippen LogP contribution in [0.5, 0.6) is 0 Å². The van der Waals surface area contributed by atoms with Crippen LogP contribution in [0.15, 0.2) is 54.7 Å². The van der Waals surface area contributed by atoms with E-state index < -0.39 is 5.97 Å². The van der Waals surface area contributed by atoms with Gasteiger partial charge in [0.05, 0.1) is 5.69 Å². The maximum absolute atomic E-state index is 10.9. The number of rotatable bonds is 8. The topological polar surface area (TPSA) is 66.3 Å². The van der Waals surface area contributed by atoms with Gasteiger partial charge in [0, 0.05) is 54.8 Å². The number of benzene rings is 2. The molecule has 1 N–H and O–H groups in total. The molecule has 0 spiro atoms. The van der Waals surface area contributed by atoms with Crippen LogP contribution in [0.1, 0.15) is 35.7 Å². The molecule has 166 valence electrons. The van der Waals surface area contributed by atoms with Crippen molar-refractivity contribution in [1.29, 1.82) is 0 Å². The van der Waals surface area contributed by atoms with Crippen LogP contribution in [-0.4, -0.2) is 39.0 Å². The summed E-state index contributed by atoms with van der Waals surface area (Å²) in [6, 6.07) is 16.5. The summed E-state index contributed by atoms with van der Waals surface area (Å²) in [7, 11) is 0. The van der Waals surface area contributed by atoms with E-state index in [2.05, 4.69) is 46.3 Å². The van der Waals surface area contributed by atoms with Crippen LogP contribution < -0.4 is 0 Å². The van der Waals surface area contributed by atoms with Crippen molar-refractivity contribution < 1.29 is 9.90 Å². The molecule has 1 atom stereocenters. The number of aromatic nitrogens is 2. The number of carbonyl (C=O) groups is 1. The predicted molar refractivity (Wildman–Crippen MR) is 127 cm³/mol. The van der Waals surface area contributed by atoms with Crippen molar-refractivity contribution in [2.45, 2.75) is 39.2 Å². The van der Waals surface area contributed by atoms with Gasteiger partial charge in [0.25, 0.3) is 0 Å². The molecule has 0 amide bonds. The number of hydrogen-bond acceptors (Lipinski definition) is 4. The zero-order chi connectivity index (χ0) is 22.5. The molecule has 0 saturated carbocycles. The first kappa shape index (κ1) is 22.4. The van der Waals surface area contributed by atoms with E-state index in [1.807, 2.05) is 25.3 Å². The molecule has 0 bridgehead atoms. The molecule has 0 unspecified atom stereocenters. The molecular formula is C26H28ClN3O2. The van der Waals surface area contributed by atoms with Crippen LogP contribution in [0.2, 0.25) is 5.02 Å². The van der Waals surface area contributed by atoms with Gasteiger partial charge in [-0.05, 0) is 42.0 Å². The third-order valence-electron chi connectivity index (χ3n) is 5.93. The maximum Gasteiger partial charge on any atom is 0.303 e. The van der Waals surface area contributed by atoms with Crippen LogP contribution in [0, 0.1) is 5.92 Å². The number of carboxylic acid groups (broad SMARTS) is 1. The molecule has 1 aliphatic heterocycles. The van der Waals surface area contributed by atoms with E-state index in [0.29, 0.717) is 0 Å². The van der Waals surface area contributed by atoms with E-state index in [4.69, 9.17) is 21.7 Å². The summed E-state index contributed by atoms with van der Waals surface area (Å²) < 4.78 is 0. The summed E-state index contributed by atoms with van der Waals surface area (Å²) in [5, 5.41) is 9.74. The lowest BCUT2D eigenvalue weighted by atomic mass is 10.0. The highest BCUT2D eigenvalue weighted by Gasteiger charge is 2.21. The SMILES string of the molecule is C[C@H](CC(=O)O)CN1CCc2nc(-c3ccc(CCc4ccc(Cl)cc4)cc3)ncc2C1. The number of carboxylic acids is 1. The van der Waals surface area contributed by atoms with Crippen molar-refractivity contribution in [3.8, 4) is 11.4 Å². The number of aryl methyl sites for hydroxylation is 2. The second kappa shape index (κ2) is 10.2. The summed E-state index contributed by atoms with van der Waals surface area (Å²) in [5.74, 6) is 0.159. The molecular weight excluding hydrogens is 422 g/mol. The normalized spacial score (nSPS) is 14.7. The molecule has 5 nitrogen and oxygen atoms in total. The minimum absolute atomic E-state index is 0.132. The molecule has 4 rings (SSSR count). The number of aliphatic carboxylic acids is 1. The van der Waals surface area contributed by atoms with Gasteiger partial charge in [0.15, 0.2) is 5.82 Å². The monoisotopic (exact) mass is 449 g/mol. The molecule has 0 radical (unpaired) electrons. The molecule has 0 saturated heterocycles. The fraction of sp³-hybridized carbons (Fsp3) is 0.346. The minimum atomic E-state index is -0.737. The Balaban J connectivity index is 1.36. The van der Waals surface area contributed by atoms with E-state index in [-0.39, 0.29) is 12.3 Å². The van der Waals surface area contributed by atoms with Gasteiger partial charge in [0.1, 0.15) is 0 Å². The van der Waals surface area contributed by atoms with E-state index in [1.165, 1.54) is 11.1 Å². The zero-order valence-electron chi connectivity index (χ0n) is 18.3. The highest BCUT2D eigenvalue weighted by Crippen LogP contribution is 2.23. The van der Waals surface area contributed by atoms with Crippen LogP contribution in [-0.2, 0) is 30.6 Å². The lowest BCUT2D eigenvalue weighted by molar-refractivity contribution is -0.138. The Labute approximate surface area is 194 Å². The van der Waals surface area contributed by atoms with Gasteiger partial charge in [-0.1, -0.05) is 54.9 Å². The molecule has 1 aliphatic rings. The lowest BCUT2D eigenvalue weighted by Crippen LogP contribution is -2.35. The molecule has 0 fully saturated rings. The number of hydrogen-bond donors (Lipinski definition) is 1. The molecule has 32 heavy (non-hydrogen) atoms. The van der Waals surface area contributed by atoms with Crippen molar-refractivity contribution in [2.24, 2.45) is 5.92 Å². The van der Waals surface area contributed by atoms with Gasteiger partial charge >= 0.3 is 5.97 Å². The Kier molecular flexibility index (Phi) is 7.18. The lowest BCUT2D eigenvalue weighted by Gasteiger charge is -2.29. The highest BCUT2D eigenvalue weighted by molar-refractivity contribution is 6.30. The third-order valence-corrected chi connectivity index (χ3v) is 6.19. The summed E-state index contributed by atoms with van der Waals surface area (Å²) in [5.41, 5.74) is 5.84. The van der Waals surface area contributed by atoms with Crippen LogP contribution in [0.3, 0.4) is 0 Å². The molecule has 1 aromatic heterocycles. The second-order valence-electron chi connectivity index (χ2n) is 8.68. The largest absolute Gasteiger partial charge is 0.481 e. The fourth-order valence-corrected chi connectivity index (χ4v) is 4.36. The number of nitrogens with zero attached hydrogens (tertiary/aromatic N) is 3. The standard InChI is InChI=1S/C26H28ClN3O2/c1-18(14-25(31)32)16-30-13-12-24-22(17-30)15-28-26(29-24)21-8-4-19(5-9-21)2-3-20-6-10-23(27)11-7-20/h4-11,15,18H,2-3,12-14,16-17H2,1H3,(H,31,32)/t18-/m1/s1. The molecule has 3 aromatic rings. The zero-order valence-corrected chi connectivity index (χ0v) is 19.1. The van der Waals surface area contributed by atoms with Crippen molar-refractivity contribution in [1.82, 2.24) is 14.9 Å². The fourth-order valence-electron chi connectivity index (χ4n) is 4.23. The van der Waals surface area contributed by atoms with E-state index in [0.717, 1.165) is 66.6 Å². The van der Waals surface area contributed by atoms with Crippen molar-refractivity contribution >= 4 is 17.6 Å². The van der Waals surface area contributed by atoms with Gasteiger partial charge in [-0.25, -0.2) is 9.97 Å². The van der Waals surface area contributed by atoms with E-state index in [1.54, 1.807) is 0 Å². The molecule has 6 heteroatoms. The summed E-state index contributed by atoms with van der Waals surface area (Å²) in [6.45, 7) is 4.45. The number of fused-ring (bicyclic) bond motifs is 1. The first-order chi connectivity index (χ1) is 15.5. The highest BCUT2D eigenvalue weighted by atomic mass is 35.5. The van der Waals surface area contributed by atoms with Crippen LogP contribution in [0.25, 0.3) is 11.4 Å². The van der Waals surface area contributed by atoms with Crippen molar-refractivity contribution in [3.63, 3.8) is 0 Å². The average molecular weight is 450 g/mol. The summed E-state index contributed by atoms with van der Waals surface area (Å²) in [4.78, 5) is 22.7. The Bertz CT molecular complexity index is 1070. The minimum Gasteiger partial charge on any atom is -0.481 e. The first-order valence-corrected chi connectivity index (χ1v) is 11.5. The second-order valence-corrected chi connectivity index (χ2v) is 9.11.